The van der Waals surface area contributed by atoms with Crippen LogP contribution in [0.1, 0.15) is 15.9 Å². The summed E-state index contributed by atoms with van der Waals surface area (Å²) in [7, 11) is 0. The molecule has 0 atom stereocenters. The summed E-state index contributed by atoms with van der Waals surface area (Å²) < 4.78 is 0. The number of benzene rings is 2. The number of carbonyl (C=O) groups excluding carboxylic acids is 2. The minimum absolute atomic E-state index is 0.354. The molecule has 2 rings (SSSR count). The molecule has 0 aliphatic carbocycles. The average molecular weight is 270 g/mol. The molecule has 0 aliphatic rings. The summed E-state index contributed by atoms with van der Waals surface area (Å²) in [5.74, 6) is -0.642. The summed E-state index contributed by atoms with van der Waals surface area (Å²) in [5, 5.41) is 0.769. The van der Waals surface area contributed by atoms with Crippen LogP contribution in [-0.2, 0) is 4.84 Å². The maximum Gasteiger partial charge on any atom is 0.363 e. The zero-order valence-electron chi connectivity index (χ0n) is 10.9. The van der Waals surface area contributed by atoms with E-state index in [1.54, 1.807) is 48.5 Å². The van der Waals surface area contributed by atoms with E-state index in [4.69, 9.17) is 10.6 Å². The largest absolute Gasteiger partial charge is 0.363 e. The molecule has 2 aromatic rings. The lowest BCUT2D eigenvalue weighted by Gasteiger charge is -2.18. The van der Waals surface area contributed by atoms with Crippen LogP contribution in [0, 0.1) is 6.92 Å². The number of primary amides is 1. The second-order valence-corrected chi connectivity index (χ2v) is 4.22. The molecule has 102 valence electrons. The van der Waals surface area contributed by atoms with Crippen molar-refractivity contribution in [2.75, 3.05) is 5.06 Å². The van der Waals surface area contributed by atoms with E-state index in [1.165, 1.54) is 0 Å². The number of nitrogens with zero attached hydrogens (tertiary/aromatic N) is 1. The van der Waals surface area contributed by atoms with E-state index in [9.17, 15) is 9.59 Å². The summed E-state index contributed by atoms with van der Waals surface area (Å²) in [5.41, 5.74) is 6.90. The molecule has 5 nitrogen and oxygen atoms in total. The van der Waals surface area contributed by atoms with Crippen molar-refractivity contribution in [1.82, 2.24) is 0 Å². The molecule has 5 heteroatoms. The van der Waals surface area contributed by atoms with Gasteiger partial charge in [-0.25, -0.2) is 9.59 Å². The van der Waals surface area contributed by atoms with Gasteiger partial charge in [-0.3, -0.25) is 0 Å². The van der Waals surface area contributed by atoms with E-state index in [0.717, 1.165) is 10.6 Å². The van der Waals surface area contributed by atoms with Crippen LogP contribution in [0.3, 0.4) is 0 Å². The van der Waals surface area contributed by atoms with Crippen LogP contribution in [0.15, 0.2) is 54.6 Å². The van der Waals surface area contributed by atoms with Crippen molar-refractivity contribution in [1.29, 1.82) is 0 Å². The number of rotatable bonds is 2. The number of aryl methyl sites for hydroxylation is 1. The Hall–Kier alpha value is -2.82. The van der Waals surface area contributed by atoms with Crippen molar-refractivity contribution in [3.8, 4) is 0 Å². The van der Waals surface area contributed by atoms with E-state index in [1.807, 2.05) is 13.0 Å². The van der Waals surface area contributed by atoms with Gasteiger partial charge < -0.3 is 10.6 Å². The Balaban J connectivity index is 2.21. The predicted octanol–water partition coefficient (Wildman–Crippen LogP) is 2.65. The van der Waals surface area contributed by atoms with Crippen molar-refractivity contribution in [2.45, 2.75) is 6.92 Å². The van der Waals surface area contributed by atoms with Gasteiger partial charge in [0.25, 0.3) is 0 Å². The third kappa shape index (κ3) is 3.14. The monoisotopic (exact) mass is 270 g/mol. The number of urea groups is 1. The Kier molecular flexibility index (Phi) is 4.00. The van der Waals surface area contributed by atoms with E-state index >= 15 is 0 Å². The molecule has 0 unspecified atom stereocenters. The number of para-hydroxylation sites is 1. The molecule has 0 fully saturated rings. The zero-order valence-corrected chi connectivity index (χ0v) is 10.9. The lowest BCUT2D eigenvalue weighted by atomic mass is 10.1. The fourth-order valence-corrected chi connectivity index (χ4v) is 1.70. The third-order valence-electron chi connectivity index (χ3n) is 2.62. The first-order valence-electron chi connectivity index (χ1n) is 6.01. The van der Waals surface area contributed by atoms with Crippen LogP contribution in [0.25, 0.3) is 0 Å². The molecular weight excluding hydrogens is 256 g/mol. The third-order valence-corrected chi connectivity index (χ3v) is 2.62. The lowest BCUT2D eigenvalue weighted by Crippen LogP contribution is -2.37. The predicted molar refractivity (Wildman–Crippen MR) is 75.1 cm³/mol. The first-order valence-corrected chi connectivity index (χ1v) is 6.01. The molecule has 0 radical (unpaired) electrons. The highest BCUT2D eigenvalue weighted by Crippen LogP contribution is 2.15. The molecule has 0 bridgehead atoms. The highest BCUT2D eigenvalue weighted by Gasteiger charge is 2.19. The van der Waals surface area contributed by atoms with Gasteiger partial charge in [-0.2, -0.15) is 0 Å². The minimum Gasteiger partial charge on any atom is -0.349 e. The van der Waals surface area contributed by atoms with Crippen molar-refractivity contribution in [3.05, 3.63) is 65.7 Å². The number of hydrogen-bond donors (Lipinski definition) is 1. The van der Waals surface area contributed by atoms with E-state index in [-0.39, 0.29) is 0 Å². The van der Waals surface area contributed by atoms with E-state index in [2.05, 4.69) is 0 Å². The number of amides is 2. The van der Waals surface area contributed by atoms with Crippen molar-refractivity contribution >= 4 is 17.7 Å². The van der Waals surface area contributed by atoms with Gasteiger partial charge in [-0.1, -0.05) is 35.9 Å². The number of carbonyl (C=O) groups is 2. The number of hydrogen-bond acceptors (Lipinski definition) is 3. The van der Waals surface area contributed by atoms with Gasteiger partial charge >= 0.3 is 12.0 Å². The summed E-state index contributed by atoms with van der Waals surface area (Å²) in [6.07, 6.45) is 0. The highest BCUT2D eigenvalue weighted by molar-refractivity contribution is 5.95. The van der Waals surface area contributed by atoms with Crippen LogP contribution >= 0.6 is 0 Å². The molecule has 0 saturated heterocycles. The lowest BCUT2D eigenvalue weighted by molar-refractivity contribution is 0.0488. The molecule has 0 saturated carbocycles. The van der Waals surface area contributed by atoms with Gasteiger partial charge in [-0.15, -0.1) is 5.06 Å². The Morgan fingerprint density at radius 1 is 1.05 bits per heavy atom. The Morgan fingerprint density at radius 2 is 1.75 bits per heavy atom. The summed E-state index contributed by atoms with van der Waals surface area (Å²) in [6.45, 7) is 1.86. The quantitative estimate of drug-likeness (QED) is 0.852. The van der Waals surface area contributed by atoms with Gasteiger partial charge in [-0.05, 0) is 31.2 Å². The van der Waals surface area contributed by atoms with Gasteiger partial charge in [0, 0.05) is 0 Å². The second kappa shape index (κ2) is 5.88. The molecule has 0 aromatic heterocycles. The molecule has 0 heterocycles. The number of nitrogens with two attached hydrogens (primary N) is 1. The fraction of sp³-hybridized carbons (Fsp3) is 0.0667. The van der Waals surface area contributed by atoms with E-state index in [0.29, 0.717) is 11.3 Å². The van der Waals surface area contributed by atoms with Gasteiger partial charge in [0.1, 0.15) is 0 Å². The molecule has 2 N–H and O–H groups in total. The smallest absolute Gasteiger partial charge is 0.349 e. The zero-order chi connectivity index (χ0) is 14.5. The highest BCUT2D eigenvalue weighted by atomic mass is 16.7. The van der Waals surface area contributed by atoms with Crippen LogP contribution in [0.2, 0.25) is 0 Å². The molecule has 2 amide bonds. The van der Waals surface area contributed by atoms with Crippen LogP contribution in [-0.4, -0.2) is 12.0 Å². The maximum absolute atomic E-state index is 12.0. The Bertz CT molecular complexity index is 626. The Morgan fingerprint density at radius 3 is 2.35 bits per heavy atom. The van der Waals surface area contributed by atoms with Gasteiger partial charge in [0.05, 0.1) is 11.3 Å². The van der Waals surface area contributed by atoms with Crippen LogP contribution in [0.5, 0.6) is 0 Å². The van der Waals surface area contributed by atoms with Crippen molar-refractivity contribution in [2.24, 2.45) is 5.73 Å². The molecular formula is C15H14N2O3. The SMILES string of the molecule is Cc1cccc(C(=O)ON(C(N)=O)c2ccccc2)c1. The topological polar surface area (TPSA) is 72.6 Å². The van der Waals surface area contributed by atoms with Crippen LogP contribution in [0.4, 0.5) is 10.5 Å². The molecule has 0 aliphatic heterocycles. The summed E-state index contributed by atoms with van der Waals surface area (Å²) >= 11 is 0. The Labute approximate surface area is 116 Å². The van der Waals surface area contributed by atoms with Crippen molar-refractivity contribution < 1.29 is 14.4 Å². The standard InChI is InChI=1S/C15H14N2O3/c1-11-6-5-7-12(10-11)14(18)20-17(15(16)19)13-8-3-2-4-9-13/h2-10H,1H3,(H2,16,19). The molecule has 2 aromatic carbocycles. The molecule has 20 heavy (non-hydrogen) atoms. The van der Waals surface area contributed by atoms with Gasteiger partial charge in [0.2, 0.25) is 0 Å². The fourth-order valence-electron chi connectivity index (χ4n) is 1.70. The summed E-state index contributed by atoms with van der Waals surface area (Å²) in [4.78, 5) is 28.5. The minimum atomic E-state index is -0.864. The van der Waals surface area contributed by atoms with Crippen molar-refractivity contribution in [3.63, 3.8) is 0 Å². The average Bonchev–Trinajstić information content (AvgIpc) is 2.45. The normalized spacial score (nSPS) is 9.85. The number of anilines is 1. The summed E-state index contributed by atoms with van der Waals surface area (Å²) in [6, 6.07) is 14.5. The first kappa shape index (κ1) is 13.6. The second-order valence-electron chi connectivity index (χ2n) is 4.22. The maximum atomic E-state index is 12.0. The van der Waals surface area contributed by atoms with Crippen LogP contribution < -0.4 is 10.8 Å². The molecule has 0 spiro atoms. The van der Waals surface area contributed by atoms with E-state index < -0.39 is 12.0 Å². The first-order chi connectivity index (χ1) is 9.58. The number of hydroxylamine groups is 1. The van der Waals surface area contributed by atoms with Gasteiger partial charge in [0.15, 0.2) is 0 Å².